The number of aliphatic imine (C=N–C) groups is 1. The van der Waals surface area contributed by atoms with Gasteiger partial charge in [0, 0.05) is 5.69 Å². The van der Waals surface area contributed by atoms with Crippen molar-refractivity contribution in [3.63, 3.8) is 0 Å². The van der Waals surface area contributed by atoms with Gasteiger partial charge in [-0.1, -0.05) is 29.8 Å². The van der Waals surface area contributed by atoms with Crippen molar-refractivity contribution in [1.29, 1.82) is 0 Å². The topological polar surface area (TPSA) is 79.9 Å². The van der Waals surface area contributed by atoms with Crippen molar-refractivity contribution in [2.75, 3.05) is 11.9 Å². The van der Waals surface area contributed by atoms with Crippen LogP contribution in [-0.2, 0) is 0 Å². The predicted octanol–water partition coefficient (Wildman–Crippen LogP) is 3.97. The molecule has 0 bridgehead atoms. The van der Waals surface area contributed by atoms with Crippen molar-refractivity contribution >= 4 is 35.6 Å². The number of hydrogen-bond acceptors (Lipinski definition) is 3. The van der Waals surface area contributed by atoms with E-state index in [0.717, 1.165) is 23.3 Å². The summed E-state index contributed by atoms with van der Waals surface area (Å²) in [5, 5.41) is 12.8. The largest absolute Gasteiger partial charge is 0.573 e. The third kappa shape index (κ3) is 7.48. The molecule has 2 aromatic carbocycles. The highest BCUT2D eigenvalue weighted by Gasteiger charge is 2.30. The van der Waals surface area contributed by atoms with Crippen molar-refractivity contribution in [1.82, 2.24) is 0 Å². The first-order chi connectivity index (χ1) is 11.7. The third-order valence-electron chi connectivity index (χ3n) is 3.22. The van der Waals surface area contributed by atoms with Gasteiger partial charge in [-0.2, -0.15) is 0 Å². The number of ether oxygens (including phenoxy) is 1. The fourth-order valence-electron chi connectivity index (χ4n) is 2.09. The number of hydrogen-bond donors (Lipinski definition) is 3. The lowest BCUT2D eigenvalue weighted by atomic mass is 10.1. The van der Waals surface area contributed by atoms with Crippen LogP contribution < -0.4 is 15.8 Å². The van der Waals surface area contributed by atoms with Gasteiger partial charge in [0.1, 0.15) is 5.75 Å². The number of halogens is 4. The minimum absolute atomic E-state index is 0. The summed E-state index contributed by atoms with van der Waals surface area (Å²) < 4.78 is 40.1. The molecular weight excluding hydrogens is 462 g/mol. The normalized spacial score (nSPS) is 12.9. The van der Waals surface area contributed by atoms with Crippen LogP contribution in [0.3, 0.4) is 0 Å². The van der Waals surface area contributed by atoms with E-state index in [4.69, 9.17) is 5.73 Å². The standard InChI is InChI=1S/C17H18F3N3O2.HI/c1-11-3-2-4-12(9-11)15(24)10-22-16(21)23-13-5-7-14(8-6-13)25-17(18,19)20;/h2-9,15,24H,10H2,1H3,(H3,21,22,23);1H. The number of benzene rings is 2. The molecule has 0 amide bonds. The zero-order valence-corrected chi connectivity index (χ0v) is 16.2. The Morgan fingerprint density at radius 2 is 1.88 bits per heavy atom. The molecule has 9 heteroatoms. The van der Waals surface area contributed by atoms with Gasteiger partial charge in [-0.3, -0.25) is 4.99 Å². The minimum atomic E-state index is -4.73. The molecule has 1 unspecified atom stereocenters. The number of rotatable bonds is 5. The fourth-order valence-corrected chi connectivity index (χ4v) is 2.09. The van der Waals surface area contributed by atoms with E-state index in [2.05, 4.69) is 15.0 Å². The summed E-state index contributed by atoms with van der Waals surface area (Å²) in [6.45, 7) is 1.97. The Morgan fingerprint density at radius 1 is 1.23 bits per heavy atom. The van der Waals surface area contributed by atoms with E-state index in [1.165, 1.54) is 12.1 Å². The lowest BCUT2D eigenvalue weighted by molar-refractivity contribution is -0.274. The number of nitrogens with one attached hydrogen (secondary N) is 1. The van der Waals surface area contributed by atoms with Crippen LogP contribution in [0.15, 0.2) is 53.5 Å². The summed E-state index contributed by atoms with van der Waals surface area (Å²) in [5.74, 6) is -0.292. The van der Waals surface area contributed by atoms with E-state index in [0.29, 0.717) is 5.69 Å². The van der Waals surface area contributed by atoms with Crippen LogP contribution in [0.25, 0.3) is 0 Å². The molecular formula is C17H19F3IN3O2. The molecule has 26 heavy (non-hydrogen) atoms. The van der Waals surface area contributed by atoms with Gasteiger partial charge in [0.25, 0.3) is 0 Å². The number of nitrogens with two attached hydrogens (primary N) is 1. The number of guanidine groups is 1. The van der Waals surface area contributed by atoms with Gasteiger partial charge in [-0.05, 0) is 36.8 Å². The lowest BCUT2D eigenvalue weighted by Gasteiger charge is -2.11. The Morgan fingerprint density at radius 3 is 2.46 bits per heavy atom. The van der Waals surface area contributed by atoms with Crippen LogP contribution in [-0.4, -0.2) is 24.0 Å². The second-order valence-corrected chi connectivity index (χ2v) is 5.35. The molecule has 0 aliphatic heterocycles. The number of anilines is 1. The summed E-state index contributed by atoms with van der Waals surface area (Å²) >= 11 is 0. The lowest BCUT2D eigenvalue weighted by Crippen LogP contribution is -2.23. The summed E-state index contributed by atoms with van der Waals surface area (Å²) in [5.41, 5.74) is 7.91. The molecule has 0 saturated carbocycles. The van der Waals surface area contributed by atoms with Crippen LogP contribution in [0.2, 0.25) is 0 Å². The molecule has 0 fully saturated rings. The van der Waals surface area contributed by atoms with Crippen LogP contribution in [0, 0.1) is 6.92 Å². The number of nitrogens with zero attached hydrogens (tertiary/aromatic N) is 1. The van der Waals surface area contributed by atoms with Gasteiger partial charge in [0.05, 0.1) is 12.6 Å². The molecule has 142 valence electrons. The third-order valence-corrected chi connectivity index (χ3v) is 3.22. The number of aryl methyl sites for hydroxylation is 1. The van der Waals surface area contributed by atoms with Crippen molar-refractivity contribution in [3.05, 3.63) is 59.7 Å². The molecule has 0 radical (unpaired) electrons. The van der Waals surface area contributed by atoms with Crippen molar-refractivity contribution < 1.29 is 23.0 Å². The number of aliphatic hydroxyl groups excluding tert-OH is 1. The summed E-state index contributed by atoms with van der Waals surface area (Å²) in [6, 6.07) is 12.5. The van der Waals surface area contributed by atoms with E-state index in [1.54, 1.807) is 6.07 Å². The van der Waals surface area contributed by atoms with Crippen LogP contribution >= 0.6 is 24.0 Å². The van der Waals surface area contributed by atoms with Gasteiger partial charge >= 0.3 is 6.36 Å². The summed E-state index contributed by atoms with van der Waals surface area (Å²) in [6.07, 6.45) is -5.54. The molecule has 1 atom stereocenters. The van der Waals surface area contributed by atoms with Gasteiger partial charge < -0.3 is 20.9 Å². The molecule has 0 aliphatic carbocycles. The van der Waals surface area contributed by atoms with Crippen LogP contribution in [0.1, 0.15) is 17.2 Å². The minimum Gasteiger partial charge on any atom is -0.406 e. The Hall–Kier alpha value is -2.01. The monoisotopic (exact) mass is 481 g/mol. The Bertz CT molecular complexity index is 737. The molecule has 0 saturated heterocycles. The number of aliphatic hydroxyl groups is 1. The van der Waals surface area contributed by atoms with Crippen molar-refractivity contribution in [2.45, 2.75) is 19.4 Å². The fraction of sp³-hybridized carbons (Fsp3) is 0.235. The van der Waals surface area contributed by atoms with E-state index >= 15 is 0 Å². The zero-order valence-electron chi connectivity index (χ0n) is 13.8. The zero-order chi connectivity index (χ0) is 18.4. The summed E-state index contributed by atoms with van der Waals surface area (Å²) in [4.78, 5) is 4.03. The van der Waals surface area contributed by atoms with Crippen molar-refractivity contribution in [2.24, 2.45) is 10.7 Å². The highest BCUT2D eigenvalue weighted by Crippen LogP contribution is 2.23. The Balaban J connectivity index is 0.00000338. The Labute approximate surface area is 166 Å². The van der Waals surface area contributed by atoms with E-state index in [1.807, 2.05) is 25.1 Å². The van der Waals surface area contributed by atoms with Gasteiger partial charge in [-0.15, -0.1) is 37.1 Å². The SMILES string of the molecule is Cc1cccc(C(O)CN=C(N)Nc2ccc(OC(F)(F)F)cc2)c1.I. The molecule has 2 aromatic rings. The van der Waals surface area contributed by atoms with Gasteiger partial charge in [0.15, 0.2) is 5.96 Å². The second kappa shape index (κ2) is 9.62. The first-order valence-electron chi connectivity index (χ1n) is 7.40. The predicted molar refractivity (Wildman–Crippen MR) is 105 cm³/mol. The van der Waals surface area contributed by atoms with Crippen LogP contribution in [0.5, 0.6) is 5.75 Å². The second-order valence-electron chi connectivity index (χ2n) is 5.35. The molecule has 0 aliphatic rings. The maximum absolute atomic E-state index is 12.1. The van der Waals surface area contributed by atoms with E-state index in [-0.39, 0.29) is 42.2 Å². The van der Waals surface area contributed by atoms with E-state index in [9.17, 15) is 18.3 Å². The maximum atomic E-state index is 12.1. The van der Waals surface area contributed by atoms with Gasteiger partial charge in [0.2, 0.25) is 0 Å². The average molecular weight is 481 g/mol. The van der Waals surface area contributed by atoms with E-state index < -0.39 is 12.5 Å². The van der Waals surface area contributed by atoms with Crippen LogP contribution in [0.4, 0.5) is 18.9 Å². The summed E-state index contributed by atoms with van der Waals surface area (Å²) in [7, 11) is 0. The molecule has 0 heterocycles. The smallest absolute Gasteiger partial charge is 0.406 e. The maximum Gasteiger partial charge on any atom is 0.573 e. The van der Waals surface area contributed by atoms with Crippen molar-refractivity contribution in [3.8, 4) is 5.75 Å². The quantitative estimate of drug-likeness (QED) is 0.343. The Kier molecular flexibility index (Phi) is 8.15. The average Bonchev–Trinajstić information content (AvgIpc) is 2.53. The molecule has 4 N–H and O–H groups in total. The highest BCUT2D eigenvalue weighted by atomic mass is 127. The molecule has 2 rings (SSSR count). The van der Waals surface area contributed by atoms with Gasteiger partial charge in [-0.25, -0.2) is 0 Å². The first kappa shape index (κ1) is 22.0. The molecule has 0 spiro atoms. The first-order valence-corrected chi connectivity index (χ1v) is 7.40. The highest BCUT2D eigenvalue weighted by molar-refractivity contribution is 14.0. The molecule has 0 aromatic heterocycles. The number of alkyl halides is 3. The molecule has 5 nitrogen and oxygen atoms in total.